The predicted octanol–water partition coefficient (Wildman–Crippen LogP) is 2.41. The highest BCUT2D eigenvalue weighted by Gasteiger charge is 2.41. The number of Topliss-reactive ketones (excluding diaryl/α,β-unsaturated/α-hetero) is 1. The Morgan fingerprint density at radius 2 is 2.00 bits per heavy atom. The smallest absolute Gasteiger partial charge is 0.374 e. The standard InChI is InChI=1S/C20H16N2O6/c1-25-12-6-3-5-11(9-12)17(23)16-15(14-7-4-8-27-14)13(10-21)19(22)28-18(16)20(24)26-2/h3-9,15H,22H2,1-2H3. The van der Waals surface area contributed by atoms with E-state index >= 15 is 0 Å². The Morgan fingerprint density at radius 3 is 2.61 bits per heavy atom. The monoisotopic (exact) mass is 380 g/mol. The minimum absolute atomic E-state index is 0.0474. The fourth-order valence-corrected chi connectivity index (χ4v) is 2.90. The van der Waals surface area contributed by atoms with Crippen LogP contribution in [0, 0.1) is 11.3 Å². The number of carbonyl (C=O) groups is 2. The molecule has 2 N–H and O–H groups in total. The Labute approximate surface area is 160 Å². The number of rotatable bonds is 5. The van der Waals surface area contributed by atoms with Gasteiger partial charge in [0, 0.05) is 5.56 Å². The zero-order valence-corrected chi connectivity index (χ0v) is 15.1. The van der Waals surface area contributed by atoms with Gasteiger partial charge in [-0.25, -0.2) is 4.79 Å². The van der Waals surface area contributed by atoms with Crippen molar-refractivity contribution in [1.82, 2.24) is 0 Å². The Hall–Kier alpha value is -3.99. The Balaban J connectivity index is 2.24. The fourth-order valence-electron chi connectivity index (χ4n) is 2.90. The average Bonchev–Trinajstić information content (AvgIpc) is 3.26. The summed E-state index contributed by atoms with van der Waals surface area (Å²) >= 11 is 0. The van der Waals surface area contributed by atoms with Crippen molar-refractivity contribution in [2.45, 2.75) is 5.92 Å². The Morgan fingerprint density at radius 1 is 1.21 bits per heavy atom. The molecule has 3 rings (SSSR count). The molecule has 0 amide bonds. The maximum atomic E-state index is 13.4. The molecule has 8 nitrogen and oxygen atoms in total. The summed E-state index contributed by atoms with van der Waals surface area (Å²) in [6.45, 7) is 0. The van der Waals surface area contributed by atoms with Crippen LogP contribution in [0.3, 0.4) is 0 Å². The van der Waals surface area contributed by atoms with Crippen molar-refractivity contribution >= 4 is 11.8 Å². The first-order valence-electron chi connectivity index (χ1n) is 8.14. The van der Waals surface area contributed by atoms with E-state index in [9.17, 15) is 14.9 Å². The summed E-state index contributed by atoms with van der Waals surface area (Å²) in [6.07, 6.45) is 1.39. The molecule has 28 heavy (non-hydrogen) atoms. The minimum atomic E-state index is -1.03. The van der Waals surface area contributed by atoms with E-state index in [1.165, 1.54) is 19.4 Å². The summed E-state index contributed by atoms with van der Waals surface area (Å²) in [5.74, 6) is -2.46. The first-order chi connectivity index (χ1) is 13.5. The molecule has 0 saturated carbocycles. The number of ketones is 1. The highest BCUT2D eigenvalue weighted by Crippen LogP contribution is 2.41. The van der Waals surface area contributed by atoms with Crippen LogP contribution in [-0.4, -0.2) is 26.0 Å². The van der Waals surface area contributed by atoms with Crippen LogP contribution in [0.1, 0.15) is 22.0 Å². The fraction of sp³-hybridized carbons (Fsp3) is 0.150. The van der Waals surface area contributed by atoms with Crippen molar-refractivity contribution in [3.05, 3.63) is 76.8 Å². The van der Waals surface area contributed by atoms with Crippen molar-refractivity contribution in [2.24, 2.45) is 5.73 Å². The number of methoxy groups -OCH3 is 2. The van der Waals surface area contributed by atoms with E-state index in [-0.39, 0.29) is 28.4 Å². The maximum Gasteiger partial charge on any atom is 0.374 e. The second kappa shape index (κ2) is 7.72. The molecular weight excluding hydrogens is 364 g/mol. The van der Waals surface area contributed by atoms with Crippen LogP contribution in [0.5, 0.6) is 5.75 Å². The number of esters is 1. The van der Waals surface area contributed by atoms with Crippen molar-refractivity contribution in [3.63, 3.8) is 0 Å². The quantitative estimate of drug-likeness (QED) is 0.619. The van der Waals surface area contributed by atoms with E-state index in [0.29, 0.717) is 5.75 Å². The molecule has 8 heteroatoms. The number of nitrogens with zero attached hydrogens (tertiary/aromatic N) is 1. The SMILES string of the molecule is COC(=O)C1=C(C(=O)c2cccc(OC)c2)C(c2ccco2)C(C#N)=C(N)O1. The van der Waals surface area contributed by atoms with Gasteiger partial charge in [-0.15, -0.1) is 0 Å². The first-order valence-corrected chi connectivity index (χ1v) is 8.14. The van der Waals surface area contributed by atoms with Gasteiger partial charge in [0.15, 0.2) is 5.78 Å². The second-order valence-electron chi connectivity index (χ2n) is 5.74. The number of allylic oxidation sites excluding steroid dienone is 2. The third kappa shape index (κ3) is 3.21. The van der Waals surface area contributed by atoms with Gasteiger partial charge < -0.3 is 24.4 Å². The van der Waals surface area contributed by atoms with Crippen LogP contribution in [0.25, 0.3) is 0 Å². The van der Waals surface area contributed by atoms with Crippen molar-refractivity contribution in [2.75, 3.05) is 14.2 Å². The Bertz CT molecular complexity index is 1030. The third-order valence-electron chi connectivity index (χ3n) is 4.19. The number of benzene rings is 1. The molecule has 1 aliphatic rings. The van der Waals surface area contributed by atoms with Crippen LogP contribution in [-0.2, 0) is 14.3 Å². The molecule has 2 aromatic rings. The van der Waals surface area contributed by atoms with Gasteiger partial charge in [-0.05, 0) is 24.3 Å². The van der Waals surface area contributed by atoms with E-state index in [4.69, 9.17) is 24.4 Å². The van der Waals surface area contributed by atoms with E-state index in [1.54, 1.807) is 30.3 Å². The molecule has 142 valence electrons. The molecule has 1 atom stereocenters. The molecule has 0 bridgehead atoms. The van der Waals surface area contributed by atoms with Gasteiger partial charge in [-0.2, -0.15) is 5.26 Å². The molecule has 1 unspecified atom stereocenters. The van der Waals surface area contributed by atoms with Crippen LogP contribution in [0.4, 0.5) is 0 Å². The first kappa shape index (κ1) is 18.8. The van der Waals surface area contributed by atoms with E-state index in [1.807, 2.05) is 6.07 Å². The van der Waals surface area contributed by atoms with Gasteiger partial charge in [-0.1, -0.05) is 12.1 Å². The lowest BCUT2D eigenvalue weighted by molar-refractivity contribution is -0.139. The summed E-state index contributed by atoms with van der Waals surface area (Å²) in [6, 6.07) is 11.5. The van der Waals surface area contributed by atoms with Gasteiger partial charge in [0.05, 0.1) is 32.0 Å². The lowest BCUT2D eigenvalue weighted by atomic mass is 9.82. The highest BCUT2D eigenvalue weighted by molar-refractivity contribution is 6.14. The average molecular weight is 380 g/mol. The molecular formula is C20H16N2O6. The molecule has 1 aromatic heterocycles. The van der Waals surface area contributed by atoms with Crippen molar-refractivity contribution < 1.29 is 28.2 Å². The molecule has 0 saturated heterocycles. The summed E-state index contributed by atoms with van der Waals surface area (Å²) in [5.41, 5.74) is 5.91. The van der Waals surface area contributed by atoms with Crippen molar-refractivity contribution in [1.29, 1.82) is 5.26 Å². The Kier molecular flexibility index (Phi) is 5.18. The van der Waals surface area contributed by atoms with Crippen LogP contribution < -0.4 is 10.5 Å². The van der Waals surface area contributed by atoms with E-state index < -0.39 is 23.4 Å². The van der Waals surface area contributed by atoms with E-state index in [2.05, 4.69) is 0 Å². The van der Waals surface area contributed by atoms with Gasteiger partial charge in [-0.3, -0.25) is 4.79 Å². The number of nitrogens with two attached hydrogens (primary N) is 1. The number of carbonyl (C=O) groups excluding carboxylic acids is 2. The zero-order valence-electron chi connectivity index (χ0n) is 15.1. The summed E-state index contributed by atoms with van der Waals surface area (Å²) in [5, 5.41) is 9.59. The largest absolute Gasteiger partial charge is 0.497 e. The summed E-state index contributed by atoms with van der Waals surface area (Å²) < 4.78 is 20.6. The van der Waals surface area contributed by atoms with Crippen molar-refractivity contribution in [3.8, 4) is 11.8 Å². The number of ether oxygens (including phenoxy) is 3. The molecule has 1 aliphatic heterocycles. The normalized spacial score (nSPS) is 16.2. The number of furan rings is 1. The minimum Gasteiger partial charge on any atom is -0.497 e. The van der Waals surface area contributed by atoms with Gasteiger partial charge in [0.25, 0.3) is 0 Å². The van der Waals surface area contributed by atoms with Gasteiger partial charge >= 0.3 is 5.97 Å². The summed E-state index contributed by atoms with van der Waals surface area (Å²) in [7, 11) is 2.61. The van der Waals surface area contributed by atoms with Gasteiger partial charge in [0.2, 0.25) is 11.6 Å². The van der Waals surface area contributed by atoms with Crippen LogP contribution in [0.15, 0.2) is 69.9 Å². The molecule has 0 spiro atoms. The van der Waals surface area contributed by atoms with E-state index in [0.717, 1.165) is 7.11 Å². The maximum absolute atomic E-state index is 13.4. The molecule has 0 fully saturated rings. The predicted molar refractivity (Wildman–Crippen MR) is 95.7 cm³/mol. The highest BCUT2D eigenvalue weighted by atomic mass is 16.6. The van der Waals surface area contributed by atoms with Gasteiger partial charge in [0.1, 0.15) is 23.2 Å². The second-order valence-corrected chi connectivity index (χ2v) is 5.74. The van der Waals surface area contributed by atoms with Crippen LogP contribution >= 0.6 is 0 Å². The number of hydrogen-bond acceptors (Lipinski definition) is 8. The lowest BCUT2D eigenvalue weighted by Gasteiger charge is -2.26. The lowest BCUT2D eigenvalue weighted by Crippen LogP contribution is -2.28. The molecule has 1 aromatic carbocycles. The molecule has 2 heterocycles. The zero-order chi connectivity index (χ0) is 20.3. The summed E-state index contributed by atoms with van der Waals surface area (Å²) in [4.78, 5) is 25.7. The molecule has 0 aliphatic carbocycles. The number of hydrogen-bond donors (Lipinski definition) is 1. The third-order valence-corrected chi connectivity index (χ3v) is 4.19. The number of nitriles is 1. The topological polar surface area (TPSA) is 125 Å². The molecule has 0 radical (unpaired) electrons. The van der Waals surface area contributed by atoms with Crippen LogP contribution in [0.2, 0.25) is 0 Å².